The number of hydrogen-bond acceptors (Lipinski definition) is 5. The third-order valence-corrected chi connectivity index (χ3v) is 4.21. The summed E-state index contributed by atoms with van der Waals surface area (Å²) in [5.41, 5.74) is 3.20. The molecule has 1 aromatic heterocycles. The molecule has 138 valence electrons. The second kappa shape index (κ2) is 7.91. The normalized spacial score (nSPS) is 11.0. The first-order valence-corrected chi connectivity index (χ1v) is 8.45. The Bertz CT molecular complexity index is 1000. The van der Waals surface area contributed by atoms with Gasteiger partial charge in [0.25, 0.3) is 0 Å². The van der Waals surface area contributed by atoms with Gasteiger partial charge in [0.15, 0.2) is 5.78 Å². The Labute approximate surface area is 158 Å². The number of ketones is 1. The average Bonchev–Trinajstić information content (AvgIpc) is 2.70. The van der Waals surface area contributed by atoms with Crippen molar-refractivity contribution < 1.29 is 19.0 Å². The summed E-state index contributed by atoms with van der Waals surface area (Å²) in [6, 6.07) is 13.0. The molecule has 0 amide bonds. The fraction of sp³-hybridized carbons (Fsp3) is 0.182. The van der Waals surface area contributed by atoms with Crippen molar-refractivity contribution in [2.45, 2.75) is 6.92 Å². The summed E-state index contributed by atoms with van der Waals surface area (Å²) in [6.45, 7) is 2.03. The second-order valence-electron chi connectivity index (χ2n) is 6.08. The summed E-state index contributed by atoms with van der Waals surface area (Å²) < 4.78 is 15.8. The Balaban J connectivity index is 1.96. The molecule has 0 atom stereocenters. The lowest BCUT2D eigenvalue weighted by Gasteiger charge is -2.08. The van der Waals surface area contributed by atoms with Gasteiger partial charge in [-0.15, -0.1) is 0 Å². The number of fused-ring (bicyclic) bond motifs is 1. The van der Waals surface area contributed by atoms with Crippen LogP contribution in [0.4, 0.5) is 0 Å². The lowest BCUT2D eigenvalue weighted by molar-refractivity contribution is 0.104. The molecule has 0 N–H and O–H groups in total. The van der Waals surface area contributed by atoms with Crippen LogP contribution in [0.25, 0.3) is 17.0 Å². The predicted octanol–water partition coefficient (Wildman–Crippen LogP) is 4.47. The largest absolute Gasteiger partial charge is 0.497 e. The van der Waals surface area contributed by atoms with Gasteiger partial charge in [0.2, 0.25) is 5.88 Å². The zero-order valence-electron chi connectivity index (χ0n) is 15.8. The number of aryl methyl sites for hydroxylation is 1. The molecule has 3 rings (SSSR count). The summed E-state index contributed by atoms with van der Waals surface area (Å²) in [5, 5.41) is 0.992. The number of pyridine rings is 1. The minimum atomic E-state index is -0.168. The molecule has 5 nitrogen and oxygen atoms in total. The minimum Gasteiger partial charge on any atom is -0.497 e. The van der Waals surface area contributed by atoms with Crippen molar-refractivity contribution in [2.24, 2.45) is 0 Å². The minimum absolute atomic E-state index is 0.168. The Morgan fingerprint density at radius 2 is 1.63 bits per heavy atom. The maximum absolute atomic E-state index is 12.6. The molecule has 3 aromatic rings. The van der Waals surface area contributed by atoms with E-state index >= 15 is 0 Å². The molecular weight excluding hydrogens is 342 g/mol. The number of carbonyl (C=O) groups excluding carboxylic acids is 1. The molecule has 0 radical (unpaired) electrons. The number of nitrogens with zero attached hydrogens (tertiary/aromatic N) is 1. The van der Waals surface area contributed by atoms with Gasteiger partial charge >= 0.3 is 0 Å². The Hall–Kier alpha value is -3.34. The molecule has 2 aromatic carbocycles. The highest BCUT2D eigenvalue weighted by Gasteiger charge is 2.09. The van der Waals surface area contributed by atoms with Crippen molar-refractivity contribution in [2.75, 3.05) is 21.3 Å². The highest BCUT2D eigenvalue weighted by atomic mass is 16.5. The smallest absolute Gasteiger partial charge is 0.221 e. The summed E-state index contributed by atoms with van der Waals surface area (Å²) in [6.07, 6.45) is 3.21. The first kappa shape index (κ1) is 18.5. The molecular formula is C22H21NO4. The highest BCUT2D eigenvalue weighted by molar-refractivity contribution is 6.07. The highest BCUT2D eigenvalue weighted by Crippen LogP contribution is 2.26. The van der Waals surface area contributed by atoms with Crippen molar-refractivity contribution in [3.8, 4) is 17.4 Å². The number of hydrogen-bond donors (Lipinski definition) is 0. The van der Waals surface area contributed by atoms with Crippen LogP contribution in [0.15, 0.2) is 48.5 Å². The van der Waals surface area contributed by atoms with Crippen molar-refractivity contribution in [1.82, 2.24) is 4.98 Å². The maximum atomic E-state index is 12.6. The van der Waals surface area contributed by atoms with E-state index in [9.17, 15) is 4.79 Å². The number of allylic oxidation sites excluding steroid dienone is 1. The molecule has 1 heterocycles. The van der Waals surface area contributed by atoms with Gasteiger partial charge in [0.1, 0.15) is 11.5 Å². The first-order chi connectivity index (χ1) is 13.0. The molecule has 0 aliphatic rings. The predicted molar refractivity (Wildman–Crippen MR) is 106 cm³/mol. The molecule has 27 heavy (non-hydrogen) atoms. The molecule has 5 heteroatoms. The van der Waals surface area contributed by atoms with E-state index in [0.29, 0.717) is 22.9 Å². The molecule has 0 saturated carbocycles. The van der Waals surface area contributed by atoms with E-state index in [1.54, 1.807) is 45.6 Å². The van der Waals surface area contributed by atoms with Crippen molar-refractivity contribution >= 4 is 22.8 Å². The van der Waals surface area contributed by atoms with Crippen LogP contribution in [0.5, 0.6) is 17.4 Å². The molecule has 0 unspecified atom stereocenters. The molecule has 0 bridgehead atoms. The molecule has 0 aliphatic heterocycles. The second-order valence-corrected chi connectivity index (χ2v) is 6.08. The Morgan fingerprint density at radius 3 is 2.26 bits per heavy atom. The van der Waals surface area contributed by atoms with E-state index in [2.05, 4.69) is 4.98 Å². The van der Waals surface area contributed by atoms with E-state index in [1.165, 1.54) is 6.08 Å². The van der Waals surface area contributed by atoms with Crippen LogP contribution in [0.1, 0.15) is 21.5 Å². The molecule has 0 aliphatic carbocycles. The fourth-order valence-corrected chi connectivity index (χ4v) is 2.79. The third-order valence-electron chi connectivity index (χ3n) is 4.21. The van der Waals surface area contributed by atoms with Crippen LogP contribution in [0.2, 0.25) is 0 Å². The number of carbonyl (C=O) groups is 1. The number of rotatable bonds is 6. The maximum Gasteiger partial charge on any atom is 0.221 e. The van der Waals surface area contributed by atoms with Gasteiger partial charge in [-0.05, 0) is 49.4 Å². The average molecular weight is 363 g/mol. The van der Waals surface area contributed by atoms with Gasteiger partial charge in [-0.25, -0.2) is 4.98 Å². The zero-order valence-corrected chi connectivity index (χ0v) is 15.8. The van der Waals surface area contributed by atoms with E-state index in [1.807, 2.05) is 31.2 Å². The summed E-state index contributed by atoms with van der Waals surface area (Å²) in [5.74, 6) is 1.43. The quantitative estimate of drug-likeness (QED) is 0.478. The Morgan fingerprint density at radius 1 is 0.926 bits per heavy atom. The van der Waals surface area contributed by atoms with E-state index in [0.717, 1.165) is 22.0 Å². The fourth-order valence-electron chi connectivity index (χ4n) is 2.79. The van der Waals surface area contributed by atoms with E-state index in [-0.39, 0.29) is 5.78 Å². The summed E-state index contributed by atoms with van der Waals surface area (Å²) in [4.78, 5) is 17.1. The third kappa shape index (κ3) is 4.08. The van der Waals surface area contributed by atoms with Crippen LogP contribution < -0.4 is 14.2 Å². The van der Waals surface area contributed by atoms with Gasteiger partial charge in [0.05, 0.1) is 26.8 Å². The van der Waals surface area contributed by atoms with Crippen molar-refractivity contribution in [1.29, 1.82) is 0 Å². The molecule has 0 saturated heterocycles. The lowest BCUT2D eigenvalue weighted by Crippen LogP contribution is -1.98. The SMILES string of the molecule is COc1cc(OC)cc(C(=O)/C=C/c2cc3cc(C)ccc3nc2OC)c1. The van der Waals surface area contributed by atoms with Crippen molar-refractivity contribution in [3.63, 3.8) is 0 Å². The van der Waals surface area contributed by atoms with Crippen LogP contribution >= 0.6 is 0 Å². The van der Waals surface area contributed by atoms with Gasteiger partial charge in [0, 0.05) is 22.6 Å². The molecule has 0 spiro atoms. The summed E-state index contributed by atoms with van der Waals surface area (Å²) in [7, 11) is 4.66. The number of ether oxygens (including phenoxy) is 3. The molecule has 0 fully saturated rings. The summed E-state index contributed by atoms with van der Waals surface area (Å²) >= 11 is 0. The van der Waals surface area contributed by atoms with E-state index < -0.39 is 0 Å². The number of benzene rings is 2. The van der Waals surface area contributed by atoms with Crippen LogP contribution in [-0.4, -0.2) is 32.1 Å². The van der Waals surface area contributed by atoms with Gasteiger partial charge < -0.3 is 14.2 Å². The topological polar surface area (TPSA) is 57.7 Å². The van der Waals surface area contributed by atoms with Gasteiger partial charge in [-0.1, -0.05) is 11.6 Å². The monoisotopic (exact) mass is 363 g/mol. The lowest BCUT2D eigenvalue weighted by atomic mass is 10.1. The Kier molecular flexibility index (Phi) is 5.41. The van der Waals surface area contributed by atoms with Crippen LogP contribution in [-0.2, 0) is 0 Å². The standard InChI is InChI=1S/C22H21NO4/c1-14-5-7-20-16(9-14)10-15(22(23-20)27-4)6-8-21(24)17-11-18(25-2)13-19(12-17)26-3/h5-13H,1-4H3/b8-6+. The van der Waals surface area contributed by atoms with Gasteiger partial charge in [-0.2, -0.15) is 0 Å². The number of aromatic nitrogens is 1. The zero-order chi connectivity index (χ0) is 19.4. The van der Waals surface area contributed by atoms with Crippen LogP contribution in [0.3, 0.4) is 0 Å². The number of methoxy groups -OCH3 is 3. The van der Waals surface area contributed by atoms with Crippen molar-refractivity contribution in [3.05, 3.63) is 65.2 Å². The van der Waals surface area contributed by atoms with Gasteiger partial charge in [-0.3, -0.25) is 4.79 Å². The first-order valence-electron chi connectivity index (χ1n) is 8.45. The van der Waals surface area contributed by atoms with E-state index in [4.69, 9.17) is 14.2 Å². The van der Waals surface area contributed by atoms with Crippen LogP contribution in [0, 0.1) is 6.92 Å².